The number of hydrogen-bond acceptors (Lipinski definition) is 2. The molecule has 2 nitrogen and oxygen atoms in total. The summed E-state index contributed by atoms with van der Waals surface area (Å²) in [5.74, 6) is 0.151. The van der Waals surface area contributed by atoms with Gasteiger partial charge in [0, 0.05) is 5.57 Å². The molecule has 22 heavy (non-hydrogen) atoms. The predicted octanol–water partition coefficient (Wildman–Crippen LogP) is 5.04. The Morgan fingerprint density at radius 3 is 2.27 bits per heavy atom. The van der Waals surface area contributed by atoms with Gasteiger partial charge in [0.15, 0.2) is 0 Å². The lowest BCUT2D eigenvalue weighted by Crippen LogP contribution is -2.07. The van der Waals surface area contributed by atoms with Gasteiger partial charge in [-0.15, -0.1) is 0 Å². The molecule has 0 heterocycles. The molecule has 0 fully saturated rings. The summed E-state index contributed by atoms with van der Waals surface area (Å²) in [5.41, 5.74) is 1.73. The third-order valence-electron chi connectivity index (χ3n) is 3.84. The summed E-state index contributed by atoms with van der Waals surface area (Å²) >= 11 is 0. The van der Waals surface area contributed by atoms with Crippen molar-refractivity contribution in [1.82, 2.24) is 0 Å². The molecule has 3 aromatic rings. The van der Waals surface area contributed by atoms with Crippen LogP contribution < -0.4 is 4.74 Å². The number of aryl methyl sites for hydroxylation is 1. The molecule has 0 bridgehead atoms. The first-order chi connectivity index (χ1) is 10.6. The summed E-state index contributed by atoms with van der Waals surface area (Å²) in [5, 5.41) is 4.67. The van der Waals surface area contributed by atoms with Gasteiger partial charge in [-0.05, 0) is 52.6 Å². The van der Waals surface area contributed by atoms with Crippen LogP contribution in [0.15, 0.2) is 60.7 Å². The minimum atomic E-state index is -0.396. The van der Waals surface area contributed by atoms with E-state index in [1.54, 1.807) is 6.92 Å². The number of benzene rings is 3. The van der Waals surface area contributed by atoms with Crippen molar-refractivity contribution in [2.24, 2.45) is 0 Å². The molecule has 2 heteroatoms. The fourth-order valence-electron chi connectivity index (χ4n) is 2.58. The molecule has 0 aliphatic carbocycles. The minimum Gasteiger partial charge on any atom is -0.423 e. The van der Waals surface area contributed by atoms with Gasteiger partial charge in [-0.3, -0.25) is 0 Å². The Bertz CT molecular complexity index is 891. The molecule has 0 radical (unpaired) electrons. The Morgan fingerprint density at radius 1 is 1.00 bits per heavy atom. The van der Waals surface area contributed by atoms with Crippen molar-refractivity contribution < 1.29 is 9.53 Å². The maximum Gasteiger partial charge on any atom is 0.338 e. The Labute approximate surface area is 130 Å². The second-order valence-electron chi connectivity index (χ2n) is 5.53. The van der Waals surface area contributed by atoms with Crippen LogP contribution in [0.1, 0.15) is 19.4 Å². The SMILES string of the molecule is C=C(C)C(=O)Oc1ccc2c(ccc3cc(CC)ccc32)c1. The maximum atomic E-state index is 11.6. The molecule has 0 atom stereocenters. The topological polar surface area (TPSA) is 26.3 Å². The van der Waals surface area contributed by atoms with E-state index in [0.29, 0.717) is 11.3 Å². The van der Waals surface area contributed by atoms with E-state index in [1.165, 1.54) is 16.3 Å². The molecule has 110 valence electrons. The van der Waals surface area contributed by atoms with Gasteiger partial charge in [0.1, 0.15) is 5.75 Å². The molecule has 0 N–H and O–H groups in total. The molecule has 0 saturated heterocycles. The van der Waals surface area contributed by atoms with E-state index in [1.807, 2.05) is 18.2 Å². The fourth-order valence-corrected chi connectivity index (χ4v) is 2.58. The van der Waals surface area contributed by atoms with Crippen molar-refractivity contribution in [3.05, 3.63) is 66.2 Å². The molecular formula is C20H18O2. The van der Waals surface area contributed by atoms with Crippen LogP contribution in [0, 0.1) is 0 Å². The largest absolute Gasteiger partial charge is 0.423 e. The van der Waals surface area contributed by atoms with Gasteiger partial charge in [-0.1, -0.05) is 49.9 Å². The monoisotopic (exact) mass is 290 g/mol. The van der Waals surface area contributed by atoms with E-state index in [-0.39, 0.29) is 0 Å². The Morgan fingerprint density at radius 2 is 1.64 bits per heavy atom. The van der Waals surface area contributed by atoms with Gasteiger partial charge >= 0.3 is 5.97 Å². The minimum absolute atomic E-state index is 0.394. The van der Waals surface area contributed by atoms with Crippen LogP contribution in [0.4, 0.5) is 0 Å². The van der Waals surface area contributed by atoms with Crippen molar-refractivity contribution in [3.8, 4) is 5.75 Å². The summed E-state index contributed by atoms with van der Waals surface area (Å²) in [6.45, 7) is 7.39. The molecule has 3 rings (SSSR count). The average molecular weight is 290 g/mol. The fraction of sp³-hybridized carbons (Fsp3) is 0.150. The first kappa shape index (κ1) is 14.3. The number of rotatable bonds is 3. The third-order valence-corrected chi connectivity index (χ3v) is 3.84. The Balaban J connectivity index is 2.08. The molecular weight excluding hydrogens is 272 g/mol. The van der Waals surface area contributed by atoms with Crippen molar-refractivity contribution in [1.29, 1.82) is 0 Å². The summed E-state index contributed by atoms with van der Waals surface area (Å²) in [7, 11) is 0. The zero-order valence-electron chi connectivity index (χ0n) is 12.8. The zero-order chi connectivity index (χ0) is 15.7. The molecule has 0 saturated carbocycles. The second kappa shape index (κ2) is 5.64. The molecule has 0 aliphatic rings. The van der Waals surface area contributed by atoms with Gasteiger partial charge in [0.25, 0.3) is 0 Å². The van der Waals surface area contributed by atoms with E-state index in [2.05, 4.69) is 43.8 Å². The molecule has 0 aromatic heterocycles. The lowest BCUT2D eigenvalue weighted by atomic mass is 9.99. The van der Waals surface area contributed by atoms with E-state index < -0.39 is 5.97 Å². The molecule has 0 aliphatic heterocycles. The van der Waals surface area contributed by atoms with Crippen molar-refractivity contribution >= 4 is 27.5 Å². The third kappa shape index (κ3) is 2.60. The summed E-state index contributed by atoms with van der Waals surface area (Å²) in [6, 6.07) is 16.5. The van der Waals surface area contributed by atoms with Crippen LogP contribution >= 0.6 is 0 Å². The first-order valence-corrected chi connectivity index (χ1v) is 7.41. The molecule has 0 spiro atoms. The molecule has 0 amide bonds. The number of fused-ring (bicyclic) bond motifs is 3. The van der Waals surface area contributed by atoms with Gasteiger partial charge < -0.3 is 4.74 Å². The van der Waals surface area contributed by atoms with E-state index >= 15 is 0 Å². The smallest absolute Gasteiger partial charge is 0.338 e. The summed E-state index contributed by atoms with van der Waals surface area (Å²) in [6.07, 6.45) is 1.03. The van der Waals surface area contributed by atoms with Crippen molar-refractivity contribution in [3.63, 3.8) is 0 Å². The number of carbonyl (C=O) groups excluding carboxylic acids is 1. The van der Waals surface area contributed by atoms with E-state index in [4.69, 9.17) is 4.74 Å². The van der Waals surface area contributed by atoms with Crippen LogP contribution in [0.25, 0.3) is 21.5 Å². The van der Waals surface area contributed by atoms with Crippen molar-refractivity contribution in [2.75, 3.05) is 0 Å². The van der Waals surface area contributed by atoms with Gasteiger partial charge in [0.05, 0.1) is 0 Å². The quantitative estimate of drug-likeness (QED) is 0.292. The predicted molar refractivity (Wildman–Crippen MR) is 91.3 cm³/mol. The summed E-state index contributed by atoms with van der Waals surface area (Å²) < 4.78 is 5.29. The lowest BCUT2D eigenvalue weighted by Gasteiger charge is -2.08. The second-order valence-corrected chi connectivity index (χ2v) is 5.53. The highest BCUT2D eigenvalue weighted by Gasteiger charge is 2.07. The molecule has 0 unspecified atom stereocenters. The van der Waals surface area contributed by atoms with E-state index in [0.717, 1.165) is 17.2 Å². The lowest BCUT2D eigenvalue weighted by molar-refractivity contribution is -0.130. The zero-order valence-corrected chi connectivity index (χ0v) is 12.8. The number of carbonyl (C=O) groups is 1. The highest BCUT2D eigenvalue weighted by molar-refractivity contribution is 6.08. The highest BCUT2D eigenvalue weighted by Crippen LogP contribution is 2.29. The van der Waals surface area contributed by atoms with Crippen molar-refractivity contribution in [2.45, 2.75) is 20.3 Å². The number of esters is 1. The number of hydrogen-bond donors (Lipinski definition) is 0. The number of ether oxygens (including phenoxy) is 1. The highest BCUT2D eigenvalue weighted by atomic mass is 16.5. The Hall–Kier alpha value is -2.61. The van der Waals surface area contributed by atoms with Crippen LogP contribution in [-0.4, -0.2) is 5.97 Å². The van der Waals surface area contributed by atoms with Gasteiger partial charge in [-0.25, -0.2) is 4.79 Å². The molecule has 3 aromatic carbocycles. The van der Waals surface area contributed by atoms with Gasteiger partial charge in [-0.2, -0.15) is 0 Å². The maximum absolute atomic E-state index is 11.6. The normalized spacial score (nSPS) is 10.8. The van der Waals surface area contributed by atoms with Crippen LogP contribution in [-0.2, 0) is 11.2 Å². The van der Waals surface area contributed by atoms with Crippen LogP contribution in [0.3, 0.4) is 0 Å². The Kier molecular flexibility index (Phi) is 3.68. The van der Waals surface area contributed by atoms with E-state index in [9.17, 15) is 4.79 Å². The van der Waals surface area contributed by atoms with Crippen LogP contribution in [0.5, 0.6) is 5.75 Å². The summed E-state index contributed by atoms with van der Waals surface area (Å²) in [4.78, 5) is 11.6. The van der Waals surface area contributed by atoms with Gasteiger partial charge in [0.2, 0.25) is 0 Å². The first-order valence-electron chi connectivity index (χ1n) is 7.41. The average Bonchev–Trinajstić information content (AvgIpc) is 2.53. The van der Waals surface area contributed by atoms with Crippen LogP contribution in [0.2, 0.25) is 0 Å². The standard InChI is InChI=1S/C20H18O2/c1-4-14-5-9-18-15(11-14)6-7-16-12-17(8-10-19(16)18)22-20(21)13(2)3/h5-12H,2,4H2,1,3H3.